The summed E-state index contributed by atoms with van der Waals surface area (Å²) in [6.45, 7) is 12.0. The van der Waals surface area contributed by atoms with Gasteiger partial charge in [-0.05, 0) is 103 Å². The largest absolute Gasteiger partial charge is 0.494 e. The quantitative estimate of drug-likeness (QED) is 0.571. The number of hydrogen-bond acceptors (Lipinski definition) is 5. The molecular formula is C25H42N2O4S. The number of rotatable bonds is 9. The Bertz CT molecular complexity index is 848. The minimum atomic E-state index is -3.29. The topological polar surface area (TPSA) is 76.7 Å². The van der Waals surface area contributed by atoms with Crippen LogP contribution in [0, 0.1) is 13.8 Å². The van der Waals surface area contributed by atoms with Crippen molar-refractivity contribution in [3.63, 3.8) is 0 Å². The van der Waals surface area contributed by atoms with Gasteiger partial charge in [0, 0.05) is 17.6 Å². The Balaban J connectivity index is 1.56. The van der Waals surface area contributed by atoms with Gasteiger partial charge < -0.3 is 14.8 Å². The molecule has 0 aromatic heterocycles. The van der Waals surface area contributed by atoms with Gasteiger partial charge in [0.1, 0.15) is 5.75 Å². The molecule has 3 rings (SSSR count). The second-order valence-corrected chi connectivity index (χ2v) is 11.9. The molecule has 32 heavy (non-hydrogen) atoms. The molecule has 7 heteroatoms. The van der Waals surface area contributed by atoms with Crippen LogP contribution < -0.4 is 14.8 Å². The van der Waals surface area contributed by atoms with Gasteiger partial charge >= 0.3 is 0 Å². The zero-order chi connectivity index (χ0) is 23.3. The summed E-state index contributed by atoms with van der Waals surface area (Å²) in [6.07, 6.45) is 6.31. The van der Waals surface area contributed by atoms with Crippen LogP contribution in [0.25, 0.3) is 0 Å². The van der Waals surface area contributed by atoms with E-state index in [1.807, 2.05) is 6.92 Å². The van der Waals surface area contributed by atoms with Crippen molar-refractivity contribution in [1.82, 2.24) is 10.0 Å². The monoisotopic (exact) mass is 466 g/mol. The zero-order valence-electron chi connectivity index (χ0n) is 20.4. The number of benzene rings is 1. The third kappa shape index (κ3) is 6.25. The predicted molar refractivity (Wildman–Crippen MR) is 130 cm³/mol. The summed E-state index contributed by atoms with van der Waals surface area (Å²) in [6, 6.07) is 4.20. The Morgan fingerprint density at radius 2 is 1.84 bits per heavy atom. The molecule has 1 aromatic carbocycles. The number of sulfonamides is 1. The summed E-state index contributed by atoms with van der Waals surface area (Å²) in [5.41, 5.74) is 4.05. The molecule has 2 atom stereocenters. The molecule has 2 aliphatic rings. The van der Waals surface area contributed by atoms with Crippen molar-refractivity contribution in [2.75, 3.05) is 19.8 Å². The van der Waals surface area contributed by atoms with Gasteiger partial charge in [0.25, 0.3) is 0 Å². The SMILES string of the molecule is CCOc1ccc(C)c(C)c1C1CCC(OC[C@@H]2NCCC[C@@H]2NS(=O)(=O)C(C)C)CC1. The Morgan fingerprint density at radius 1 is 1.12 bits per heavy atom. The molecule has 0 unspecified atom stereocenters. The van der Waals surface area contributed by atoms with Gasteiger partial charge in [0.15, 0.2) is 0 Å². The van der Waals surface area contributed by atoms with Crippen LogP contribution in [-0.4, -0.2) is 51.6 Å². The van der Waals surface area contributed by atoms with E-state index < -0.39 is 15.3 Å². The first kappa shape index (κ1) is 25.5. The lowest BCUT2D eigenvalue weighted by Gasteiger charge is -2.36. The highest BCUT2D eigenvalue weighted by molar-refractivity contribution is 7.90. The lowest BCUT2D eigenvalue weighted by atomic mass is 9.80. The Morgan fingerprint density at radius 3 is 2.50 bits per heavy atom. The first-order chi connectivity index (χ1) is 15.2. The second kappa shape index (κ2) is 11.3. The van der Waals surface area contributed by atoms with E-state index in [1.165, 1.54) is 16.7 Å². The number of nitrogens with one attached hydrogen (secondary N) is 2. The van der Waals surface area contributed by atoms with E-state index in [0.717, 1.165) is 50.8 Å². The molecule has 0 bridgehead atoms. The molecule has 1 heterocycles. The molecule has 1 aliphatic carbocycles. The highest BCUT2D eigenvalue weighted by atomic mass is 32.2. The van der Waals surface area contributed by atoms with E-state index in [-0.39, 0.29) is 18.2 Å². The Hall–Kier alpha value is -1.15. The number of hydrogen-bond donors (Lipinski definition) is 2. The van der Waals surface area contributed by atoms with Crippen LogP contribution in [0.5, 0.6) is 5.75 Å². The van der Waals surface area contributed by atoms with Crippen LogP contribution >= 0.6 is 0 Å². The van der Waals surface area contributed by atoms with E-state index in [0.29, 0.717) is 19.1 Å². The van der Waals surface area contributed by atoms with Gasteiger partial charge in [-0.1, -0.05) is 6.07 Å². The van der Waals surface area contributed by atoms with Gasteiger partial charge in [-0.3, -0.25) is 0 Å². The lowest BCUT2D eigenvalue weighted by Crippen LogP contribution is -2.56. The molecule has 1 aromatic rings. The van der Waals surface area contributed by atoms with Crippen LogP contribution in [0.15, 0.2) is 12.1 Å². The van der Waals surface area contributed by atoms with Gasteiger partial charge in [0.05, 0.1) is 24.6 Å². The molecule has 1 saturated carbocycles. The smallest absolute Gasteiger partial charge is 0.214 e. The second-order valence-electron chi connectivity index (χ2n) is 9.68. The number of aryl methyl sites for hydroxylation is 1. The Labute approximate surface area is 194 Å². The molecule has 0 radical (unpaired) electrons. The van der Waals surface area contributed by atoms with Crippen LogP contribution in [0.3, 0.4) is 0 Å². The first-order valence-corrected chi connectivity index (χ1v) is 13.9. The highest BCUT2D eigenvalue weighted by Crippen LogP contribution is 2.41. The molecule has 6 nitrogen and oxygen atoms in total. The van der Waals surface area contributed by atoms with Crippen molar-refractivity contribution >= 4 is 10.0 Å². The molecule has 0 spiro atoms. The van der Waals surface area contributed by atoms with E-state index in [2.05, 4.69) is 36.0 Å². The fourth-order valence-electron chi connectivity index (χ4n) is 4.98. The van der Waals surface area contributed by atoms with Crippen molar-refractivity contribution < 1.29 is 17.9 Å². The van der Waals surface area contributed by atoms with E-state index in [9.17, 15) is 8.42 Å². The average molecular weight is 467 g/mol. The normalized spacial score (nSPS) is 26.9. The maximum Gasteiger partial charge on any atom is 0.214 e. The maximum atomic E-state index is 12.4. The van der Waals surface area contributed by atoms with Gasteiger partial charge in [-0.15, -0.1) is 0 Å². The summed E-state index contributed by atoms with van der Waals surface area (Å²) in [4.78, 5) is 0. The fraction of sp³-hybridized carbons (Fsp3) is 0.760. The lowest BCUT2D eigenvalue weighted by molar-refractivity contribution is 0.00505. The zero-order valence-corrected chi connectivity index (χ0v) is 21.3. The molecule has 1 saturated heterocycles. The van der Waals surface area contributed by atoms with Gasteiger partial charge in [0.2, 0.25) is 10.0 Å². The maximum absolute atomic E-state index is 12.4. The van der Waals surface area contributed by atoms with Crippen LogP contribution in [0.1, 0.15) is 81.9 Å². The summed E-state index contributed by atoms with van der Waals surface area (Å²) in [7, 11) is -3.29. The molecule has 182 valence electrons. The summed E-state index contributed by atoms with van der Waals surface area (Å²) in [5, 5.41) is 3.05. The van der Waals surface area contributed by atoms with Crippen LogP contribution in [-0.2, 0) is 14.8 Å². The van der Waals surface area contributed by atoms with Crippen molar-refractivity contribution in [2.24, 2.45) is 0 Å². The molecule has 0 amide bonds. The van der Waals surface area contributed by atoms with Crippen molar-refractivity contribution in [3.8, 4) is 5.75 Å². The van der Waals surface area contributed by atoms with Gasteiger partial charge in [-0.25, -0.2) is 13.1 Å². The third-order valence-electron chi connectivity index (χ3n) is 7.16. The molecule has 2 N–H and O–H groups in total. The summed E-state index contributed by atoms with van der Waals surface area (Å²) in [5.74, 6) is 1.54. The molecule has 2 fully saturated rings. The first-order valence-electron chi connectivity index (χ1n) is 12.3. The van der Waals surface area contributed by atoms with Crippen molar-refractivity contribution in [3.05, 3.63) is 28.8 Å². The number of ether oxygens (including phenoxy) is 2. The number of piperidine rings is 1. The minimum absolute atomic E-state index is 0.0265. The van der Waals surface area contributed by atoms with Gasteiger partial charge in [-0.2, -0.15) is 0 Å². The highest BCUT2D eigenvalue weighted by Gasteiger charge is 2.32. The van der Waals surface area contributed by atoms with E-state index >= 15 is 0 Å². The fourth-order valence-corrected chi connectivity index (χ4v) is 5.95. The third-order valence-corrected chi connectivity index (χ3v) is 9.03. The van der Waals surface area contributed by atoms with E-state index in [1.54, 1.807) is 13.8 Å². The van der Waals surface area contributed by atoms with Crippen molar-refractivity contribution in [2.45, 2.75) is 102 Å². The predicted octanol–water partition coefficient (Wildman–Crippen LogP) is 4.19. The summed E-state index contributed by atoms with van der Waals surface area (Å²) >= 11 is 0. The standard InChI is InChI=1S/C25H42N2O4S/c1-6-30-24-14-9-18(4)19(5)25(24)20-10-12-21(13-11-20)31-16-23-22(8-7-15-26-23)27-32(28,29)17(2)3/h9,14,17,20-23,26-27H,6-8,10-13,15-16H2,1-5H3/t20?,21?,22-,23-/m0/s1. The summed E-state index contributed by atoms with van der Waals surface area (Å²) < 4.78 is 39.9. The van der Waals surface area contributed by atoms with Crippen LogP contribution in [0.4, 0.5) is 0 Å². The van der Waals surface area contributed by atoms with Crippen LogP contribution in [0.2, 0.25) is 0 Å². The Kier molecular flexibility index (Phi) is 9.01. The van der Waals surface area contributed by atoms with E-state index in [4.69, 9.17) is 9.47 Å². The average Bonchev–Trinajstić information content (AvgIpc) is 2.76. The van der Waals surface area contributed by atoms with Crippen molar-refractivity contribution in [1.29, 1.82) is 0 Å². The minimum Gasteiger partial charge on any atom is -0.494 e. The molecule has 1 aliphatic heterocycles. The molecular weight excluding hydrogens is 424 g/mol.